The first-order valence-corrected chi connectivity index (χ1v) is 13.0. The quantitative estimate of drug-likeness (QED) is 0.397. The monoisotopic (exact) mass is 541 g/mol. The largest absolute Gasteiger partial charge is 0.392 e. The van der Waals surface area contributed by atoms with E-state index in [9.17, 15) is 22.8 Å². The summed E-state index contributed by atoms with van der Waals surface area (Å²) in [5.74, 6) is -3.14. The Morgan fingerprint density at radius 2 is 1.82 bits per heavy atom. The van der Waals surface area contributed by atoms with E-state index in [2.05, 4.69) is 25.8 Å². The van der Waals surface area contributed by atoms with Gasteiger partial charge in [0.2, 0.25) is 5.91 Å². The fourth-order valence-electron chi connectivity index (χ4n) is 4.90. The molecule has 2 aliphatic rings. The minimum atomic E-state index is -4.36. The molecule has 1 saturated carbocycles. The number of hydrogen-bond acceptors (Lipinski definition) is 6. The Kier molecular flexibility index (Phi) is 6.94. The minimum absolute atomic E-state index is 0.0681. The lowest BCUT2D eigenvalue weighted by atomic mass is 9.94. The number of halogens is 3. The number of benzene rings is 1. The highest BCUT2D eigenvalue weighted by Crippen LogP contribution is 2.50. The van der Waals surface area contributed by atoms with Gasteiger partial charge in [0.25, 0.3) is 0 Å². The Hall–Kier alpha value is -3.76. The van der Waals surface area contributed by atoms with Crippen molar-refractivity contribution in [2.45, 2.75) is 70.5 Å². The summed E-state index contributed by atoms with van der Waals surface area (Å²) in [6, 6.07) is 9.17. The van der Waals surface area contributed by atoms with Crippen LogP contribution >= 0.6 is 0 Å². The molecular formula is C28H30F3N5O3. The molecule has 1 fully saturated rings. The first-order valence-electron chi connectivity index (χ1n) is 13.0. The fraction of sp³-hybridized carbons (Fsp3) is 0.464. The maximum atomic E-state index is 12.9. The van der Waals surface area contributed by atoms with Gasteiger partial charge in [-0.05, 0) is 60.1 Å². The number of aryl methyl sites for hydroxylation is 1. The van der Waals surface area contributed by atoms with Crippen molar-refractivity contribution in [3.8, 4) is 11.1 Å². The Labute approximate surface area is 223 Å². The van der Waals surface area contributed by atoms with Gasteiger partial charge in [0, 0.05) is 11.6 Å². The van der Waals surface area contributed by atoms with Gasteiger partial charge >= 0.3 is 18.0 Å². The first-order chi connectivity index (χ1) is 18.4. The second-order valence-electron chi connectivity index (χ2n) is 11.3. The third-order valence-corrected chi connectivity index (χ3v) is 7.20. The van der Waals surface area contributed by atoms with E-state index >= 15 is 0 Å². The first kappa shape index (κ1) is 26.8. The van der Waals surface area contributed by atoms with E-state index in [4.69, 9.17) is 4.52 Å². The van der Waals surface area contributed by atoms with Crippen LogP contribution in [0.5, 0.6) is 0 Å². The molecule has 2 N–H and O–H groups in total. The van der Waals surface area contributed by atoms with E-state index in [1.165, 1.54) is 6.20 Å². The van der Waals surface area contributed by atoms with E-state index in [0.717, 1.165) is 47.9 Å². The van der Waals surface area contributed by atoms with Gasteiger partial charge in [-0.3, -0.25) is 9.59 Å². The molecule has 1 aromatic carbocycles. The van der Waals surface area contributed by atoms with Crippen LogP contribution in [0.3, 0.4) is 0 Å². The van der Waals surface area contributed by atoms with Crippen LogP contribution in [0, 0.1) is 11.8 Å². The molecule has 0 saturated heterocycles. The third kappa shape index (κ3) is 5.97. The molecule has 8 nitrogen and oxygen atoms in total. The molecule has 206 valence electrons. The zero-order valence-corrected chi connectivity index (χ0v) is 21.9. The van der Waals surface area contributed by atoms with E-state index < -0.39 is 29.8 Å². The van der Waals surface area contributed by atoms with Gasteiger partial charge in [0.15, 0.2) is 5.82 Å². The molecule has 39 heavy (non-hydrogen) atoms. The summed E-state index contributed by atoms with van der Waals surface area (Å²) >= 11 is 0. The number of carbonyl (C=O) groups excluding carboxylic acids is 2. The predicted molar refractivity (Wildman–Crippen MR) is 137 cm³/mol. The number of nitrogens with one attached hydrogen (secondary N) is 2. The lowest BCUT2D eigenvalue weighted by Gasteiger charge is -2.19. The number of rotatable bonds is 5. The number of aromatic nitrogens is 3. The Balaban J connectivity index is 1.31. The summed E-state index contributed by atoms with van der Waals surface area (Å²) in [7, 11) is 0. The Bertz CT molecular complexity index is 1400. The average Bonchev–Trinajstić information content (AvgIpc) is 3.58. The van der Waals surface area contributed by atoms with Crippen molar-refractivity contribution in [2.24, 2.45) is 11.8 Å². The van der Waals surface area contributed by atoms with Gasteiger partial charge in [-0.1, -0.05) is 50.5 Å². The van der Waals surface area contributed by atoms with Gasteiger partial charge in [0.05, 0.1) is 17.9 Å². The van der Waals surface area contributed by atoms with E-state index in [-0.39, 0.29) is 29.6 Å². The molecule has 0 aliphatic heterocycles. The SMILES string of the molecule is CC(C)(C)c1noc(C(=O)N[C@@H]2CCCCc3cc(-c4ccnc(NC(=O)[C@H]5C[C@@H]5C(F)(F)F)c4)ccc32)n1. The number of anilines is 1. The van der Waals surface area contributed by atoms with Crippen molar-refractivity contribution in [1.29, 1.82) is 0 Å². The summed E-state index contributed by atoms with van der Waals surface area (Å²) < 4.78 is 43.7. The second-order valence-corrected chi connectivity index (χ2v) is 11.3. The van der Waals surface area contributed by atoms with Crippen molar-refractivity contribution in [2.75, 3.05) is 5.32 Å². The van der Waals surface area contributed by atoms with E-state index in [1.807, 2.05) is 39.0 Å². The molecule has 3 aromatic rings. The molecule has 2 aromatic heterocycles. The highest BCUT2D eigenvalue weighted by Gasteiger charge is 2.58. The van der Waals surface area contributed by atoms with Gasteiger partial charge in [-0.25, -0.2) is 4.98 Å². The van der Waals surface area contributed by atoms with Gasteiger partial charge in [-0.15, -0.1) is 0 Å². The number of amides is 2. The summed E-state index contributed by atoms with van der Waals surface area (Å²) in [5, 5.41) is 9.50. The van der Waals surface area contributed by atoms with Crippen molar-refractivity contribution in [3.05, 3.63) is 59.4 Å². The summed E-state index contributed by atoms with van der Waals surface area (Å²) in [5.41, 5.74) is 3.41. The van der Waals surface area contributed by atoms with Crippen LogP contribution in [-0.2, 0) is 16.6 Å². The molecule has 0 bridgehead atoms. The van der Waals surface area contributed by atoms with Crippen LogP contribution in [0.2, 0.25) is 0 Å². The predicted octanol–water partition coefficient (Wildman–Crippen LogP) is 5.76. The van der Waals surface area contributed by atoms with Crippen LogP contribution in [0.25, 0.3) is 11.1 Å². The lowest BCUT2D eigenvalue weighted by molar-refractivity contribution is -0.153. The summed E-state index contributed by atoms with van der Waals surface area (Å²) in [6.45, 7) is 5.82. The highest BCUT2D eigenvalue weighted by atomic mass is 19.4. The van der Waals surface area contributed by atoms with Crippen molar-refractivity contribution in [3.63, 3.8) is 0 Å². The zero-order valence-electron chi connectivity index (χ0n) is 21.9. The number of alkyl halides is 3. The summed E-state index contributed by atoms with van der Waals surface area (Å²) in [4.78, 5) is 33.6. The van der Waals surface area contributed by atoms with Crippen LogP contribution in [0.15, 0.2) is 41.1 Å². The topological polar surface area (TPSA) is 110 Å². The Morgan fingerprint density at radius 1 is 1.05 bits per heavy atom. The summed E-state index contributed by atoms with van der Waals surface area (Å²) in [6.07, 6.45) is 0.445. The number of fused-ring (bicyclic) bond motifs is 1. The van der Waals surface area contributed by atoms with E-state index in [0.29, 0.717) is 5.82 Å². The molecular weight excluding hydrogens is 511 g/mol. The van der Waals surface area contributed by atoms with Gasteiger partial charge in [0.1, 0.15) is 5.82 Å². The van der Waals surface area contributed by atoms with Crippen LogP contribution < -0.4 is 10.6 Å². The maximum Gasteiger partial charge on any atom is 0.392 e. The number of nitrogens with zero attached hydrogens (tertiary/aromatic N) is 3. The molecule has 3 atom stereocenters. The highest BCUT2D eigenvalue weighted by molar-refractivity contribution is 5.94. The maximum absolute atomic E-state index is 12.9. The molecule has 0 spiro atoms. The molecule has 0 unspecified atom stereocenters. The second kappa shape index (κ2) is 10.1. The van der Waals surface area contributed by atoms with Crippen LogP contribution in [0.1, 0.15) is 80.1 Å². The van der Waals surface area contributed by atoms with Crippen LogP contribution in [0.4, 0.5) is 19.0 Å². The van der Waals surface area contributed by atoms with Crippen molar-refractivity contribution >= 4 is 17.6 Å². The van der Waals surface area contributed by atoms with Gasteiger partial charge in [-0.2, -0.15) is 18.2 Å². The van der Waals surface area contributed by atoms with Crippen molar-refractivity contribution in [1.82, 2.24) is 20.4 Å². The Morgan fingerprint density at radius 3 is 2.51 bits per heavy atom. The molecule has 5 rings (SSSR count). The standard InChI is InChI=1S/C28H30F3N5O3/c1-27(2,3)26-35-25(39-36-26)24(38)33-21-7-5-4-6-17-12-15(8-9-18(17)21)16-10-11-32-22(13-16)34-23(37)19-14-20(19)28(29,30)31/h8-13,19-21H,4-7,14H2,1-3H3,(H,33,38)(H,32,34,37)/t19-,20-,21+/m0/s1. The van der Waals surface area contributed by atoms with Crippen LogP contribution in [-0.4, -0.2) is 33.1 Å². The van der Waals surface area contributed by atoms with Crippen molar-refractivity contribution < 1.29 is 27.3 Å². The zero-order chi connectivity index (χ0) is 27.9. The fourth-order valence-corrected chi connectivity index (χ4v) is 4.90. The number of carbonyl (C=O) groups is 2. The number of hydrogen-bond donors (Lipinski definition) is 2. The van der Waals surface area contributed by atoms with E-state index in [1.54, 1.807) is 12.1 Å². The minimum Gasteiger partial charge on any atom is -0.341 e. The molecule has 2 aliphatic carbocycles. The van der Waals surface area contributed by atoms with Gasteiger partial charge < -0.3 is 15.2 Å². The molecule has 2 amide bonds. The molecule has 2 heterocycles. The number of pyridine rings is 1. The average molecular weight is 542 g/mol. The molecule has 0 radical (unpaired) electrons. The lowest BCUT2D eigenvalue weighted by Crippen LogP contribution is -2.29. The normalized spacial score (nSPS) is 21.0. The smallest absolute Gasteiger partial charge is 0.341 e. The third-order valence-electron chi connectivity index (χ3n) is 7.20. The molecule has 11 heteroatoms.